The van der Waals surface area contributed by atoms with Crippen molar-refractivity contribution in [2.45, 2.75) is 88.9 Å². The number of amides is 2. The largest absolute Gasteiger partial charge is 0.479 e. The van der Waals surface area contributed by atoms with E-state index in [0.717, 1.165) is 53.6 Å². The second-order valence-corrected chi connectivity index (χ2v) is 13.5. The van der Waals surface area contributed by atoms with Crippen LogP contribution in [0, 0.1) is 18.8 Å². The lowest BCUT2D eigenvalue weighted by Crippen LogP contribution is -2.55. The Labute approximate surface area is 256 Å². The van der Waals surface area contributed by atoms with Crippen molar-refractivity contribution in [2.75, 3.05) is 11.9 Å². The van der Waals surface area contributed by atoms with E-state index in [2.05, 4.69) is 28.6 Å². The number of hydrogen-bond donors (Lipinski definition) is 3. The molecule has 1 saturated carbocycles. The van der Waals surface area contributed by atoms with Crippen molar-refractivity contribution in [3.05, 3.63) is 54.1 Å². The molecule has 3 aliphatic rings. The number of rotatable bonds is 5. The van der Waals surface area contributed by atoms with Crippen LogP contribution in [0.1, 0.15) is 63.9 Å². The van der Waals surface area contributed by atoms with E-state index in [1.165, 1.54) is 11.3 Å². The Morgan fingerprint density at radius 3 is 2.65 bits per heavy atom. The topological polar surface area (TPSA) is 121 Å². The molecule has 1 aliphatic carbocycles. The number of aliphatic carboxylic acids is 1. The number of ether oxygens (including phenoxy) is 1. The number of nitrogens with one attached hydrogen (secondary N) is 2. The van der Waals surface area contributed by atoms with Crippen molar-refractivity contribution in [3.63, 3.8) is 0 Å². The Balaban J connectivity index is 1.29. The molecule has 6 atom stereocenters. The van der Waals surface area contributed by atoms with E-state index in [-0.39, 0.29) is 30.7 Å². The van der Waals surface area contributed by atoms with Gasteiger partial charge in [-0.1, -0.05) is 74.6 Å². The van der Waals surface area contributed by atoms with Gasteiger partial charge in [-0.2, -0.15) is 0 Å². The number of carboxylic acids is 1. The molecule has 6 rings (SSSR count). The van der Waals surface area contributed by atoms with Gasteiger partial charge in [0.25, 0.3) is 5.19 Å². The quantitative estimate of drug-likeness (QED) is 0.357. The molecule has 1 aromatic heterocycles. The zero-order valence-electron chi connectivity index (χ0n) is 24.8. The zero-order valence-corrected chi connectivity index (χ0v) is 25.6. The molecule has 3 heterocycles. The first kappa shape index (κ1) is 29.4. The molecule has 2 amide bonds. The average Bonchev–Trinajstić information content (AvgIpc) is 3.35. The SMILES string of the molecule is Cc1ccc2nc(O[C@@H]3C[C@H]4C(=O)N[C@]5(C(=O)O)C[C@H]5C(C)CCCCCC[C@H](Nc5ccccc5)C(=O)N4C3)sc2c1. The molecule has 3 aromatic rings. The van der Waals surface area contributed by atoms with Crippen LogP contribution in [-0.2, 0) is 14.4 Å². The van der Waals surface area contributed by atoms with Gasteiger partial charge in [0.05, 0.1) is 16.8 Å². The van der Waals surface area contributed by atoms with Crippen LogP contribution in [-0.4, -0.2) is 63.0 Å². The Bertz CT molecular complexity index is 1490. The maximum atomic E-state index is 14.2. The number of benzene rings is 2. The van der Waals surface area contributed by atoms with E-state index in [9.17, 15) is 19.5 Å². The van der Waals surface area contributed by atoms with Gasteiger partial charge < -0.3 is 25.4 Å². The molecular formula is C33H40N4O5S. The molecule has 9 nitrogen and oxygen atoms in total. The molecule has 2 aromatic carbocycles. The number of carbonyl (C=O) groups excluding carboxylic acids is 2. The van der Waals surface area contributed by atoms with Crippen LogP contribution in [0.15, 0.2) is 48.5 Å². The van der Waals surface area contributed by atoms with Gasteiger partial charge in [-0.3, -0.25) is 9.59 Å². The summed E-state index contributed by atoms with van der Waals surface area (Å²) in [6.07, 6.45) is 5.69. The Morgan fingerprint density at radius 2 is 1.88 bits per heavy atom. The van der Waals surface area contributed by atoms with Gasteiger partial charge in [-0.15, -0.1) is 0 Å². The Kier molecular flexibility index (Phi) is 8.31. The van der Waals surface area contributed by atoms with Crippen LogP contribution in [0.25, 0.3) is 10.2 Å². The van der Waals surface area contributed by atoms with Crippen LogP contribution in [0.3, 0.4) is 0 Å². The number of carboxylic acid groups (broad SMARTS) is 1. The lowest BCUT2D eigenvalue weighted by molar-refractivity contribution is -0.145. The summed E-state index contributed by atoms with van der Waals surface area (Å²) in [5.41, 5.74) is 1.54. The number of aromatic nitrogens is 1. The molecule has 43 heavy (non-hydrogen) atoms. The third-order valence-electron chi connectivity index (χ3n) is 9.38. The summed E-state index contributed by atoms with van der Waals surface area (Å²) in [6.45, 7) is 4.34. The van der Waals surface area contributed by atoms with Gasteiger partial charge in [0.1, 0.15) is 23.7 Å². The molecule has 0 bridgehead atoms. The van der Waals surface area contributed by atoms with Gasteiger partial charge >= 0.3 is 5.97 Å². The lowest BCUT2D eigenvalue weighted by Gasteiger charge is -2.30. The van der Waals surface area contributed by atoms with Crippen LogP contribution < -0.4 is 15.4 Å². The fourth-order valence-electron chi connectivity index (χ4n) is 6.86. The highest BCUT2D eigenvalue weighted by atomic mass is 32.1. The van der Waals surface area contributed by atoms with Crippen LogP contribution in [0.4, 0.5) is 5.69 Å². The Hall–Kier alpha value is -3.66. The van der Waals surface area contributed by atoms with Crippen molar-refractivity contribution in [2.24, 2.45) is 11.8 Å². The van der Waals surface area contributed by atoms with Gasteiger partial charge in [0.2, 0.25) is 11.8 Å². The highest BCUT2D eigenvalue weighted by Gasteiger charge is 2.64. The van der Waals surface area contributed by atoms with Crippen molar-refractivity contribution < 1.29 is 24.2 Å². The first-order chi connectivity index (χ1) is 20.7. The number of anilines is 1. The lowest BCUT2D eigenvalue weighted by atomic mass is 9.94. The van der Waals surface area contributed by atoms with E-state index in [1.54, 1.807) is 4.90 Å². The van der Waals surface area contributed by atoms with E-state index >= 15 is 0 Å². The fourth-order valence-corrected chi connectivity index (χ4v) is 7.84. The van der Waals surface area contributed by atoms with Crippen LogP contribution in [0.2, 0.25) is 0 Å². The summed E-state index contributed by atoms with van der Waals surface area (Å²) >= 11 is 1.45. The summed E-state index contributed by atoms with van der Waals surface area (Å²) in [4.78, 5) is 46.9. The molecule has 2 saturated heterocycles. The maximum absolute atomic E-state index is 14.2. The number of nitrogens with zero attached hydrogens (tertiary/aromatic N) is 2. The van der Waals surface area contributed by atoms with Gasteiger partial charge in [-0.05, 0) is 61.4 Å². The van der Waals surface area contributed by atoms with E-state index in [1.807, 2.05) is 49.4 Å². The average molecular weight is 605 g/mol. The molecule has 0 spiro atoms. The monoisotopic (exact) mass is 604 g/mol. The Morgan fingerprint density at radius 1 is 1.12 bits per heavy atom. The second kappa shape index (κ2) is 12.1. The molecular weight excluding hydrogens is 564 g/mol. The van der Waals surface area contributed by atoms with Gasteiger partial charge in [0, 0.05) is 12.1 Å². The zero-order chi connectivity index (χ0) is 30.1. The normalized spacial score (nSPS) is 30.0. The minimum Gasteiger partial charge on any atom is -0.479 e. The number of aryl methyl sites for hydroxylation is 1. The first-order valence-electron chi connectivity index (χ1n) is 15.4. The molecule has 228 valence electrons. The molecule has 1 unspecified atom stereocenters. The van der Waals surface area contributed by atoms with Crippen molar-refractivity contribution >= 4 is 45.0 Å². The van der Waals surface area contributed by atoms with Crippen molar-refractivity contribution in [1.29, 1.82) is 0 Å². The van der Waals surface area contributed by atoms with Crippen LogP contribution in [0.5, 0.6) is 5.19 Å². The van der Waals surface area contributed by atoms with E-state index in [0.29, 0.717) is 18.0 Å². The highest BCUT2D eigenvalue weighted by Crippen LogP contribution is 2.50. The van der Waals surface area contributed by atoms with Crippen LogP contribution >= 0.6 is 11.3 Å². The molecule has 0 radical (unpaired) electrons. The number of para-hydroxylation sites is 1. The maximum Gasteiger partial charge on any atom is 0.329 e. The minimum absolute atomic E-state index is 0.115. The summed E-state index contributed by atoms with van der Waals surface area (Å²) in [5.74, 6) is -1.52. The number of fused-ring (bicyclic) bond motifs is 3. The second-order valence-electron chi connectivity index (χ2n) is 12.5. The van der Waals surface area contributed by atoms with Crippen molar-refractivity contribution in [3.8, 4) is 5.19 Å². The molecule has 2 aliphatic heterocycles. The third-order valence-corrected chi connectivity index (χ3v) is 10.3. The standard InChI is InChI=1S/C33H40N4O5S/c1-20-14-15-25-28(16-20)43-32(35-25)42-23-17-27-29(38)36-33(31(40)41)18-24(33)21(2)10-6-3-4-9-13-26(30(39)37(27)19-23)34-22-11-7-5-8-12-22/h5,7-8,11-12,14-16,21,23-24,26-27,34H,3-4,6,9-10,13,17-19H2,1-2H3,(H,36,38)(H,40,41)/t21?,23-,24+,26+,27+,33-/m1/s1. The third kappa shape index (κ3) is 6.20. The summed E-state index contributed by atoms with van der Waals surface area (Å²) in [7, 11) is 0. The highest BCUT2D eigenvalue weighted by molar-refractivity contribution is 7.20. The minimum atomic E-state index is -1.28. The first-order valence-corrected chi connectivity index (χ1v) is 16.3. The fraction of sp³-hybridized carbons (Fsp3) is 0.515. The van der Waals surface area contributed by atoms with E-state index in [4.69, 9.17) is 4.74 Å². The predicted molar refractivity (Wildman–Crippen MR) is 166 cm³/mol. The molecule has 10 heteroatoms. The smallest absolute Gasteiger partial charge is 0.329 e. The summed E-state index contributed by atoms with van der Waals surface area (Å²) < 4.78 is 7.33. The molecule has 3 fully saturated rings. The van der Waals surface area contributed by atoms with Crippen molar-refractivity contribution in [1.82, 2.24) is 15.2 Å². The van der Waals surface area contributed by atoms with Gasteiger partial charge in [0.15, 0.2) is 0 Å². The van der Waals surface area contributed by atoms with E-state index < -0.39 is 35.6 Å². The van der Waals surface area contributed by atoms with Gasteiger partial charge in [-0.25, -0.2) is 9.78 Å². The molecule has 3 N–H and O–H groups in total. The number of hydrogen-bond acceptors (Lipinski definition) is 7. The summed E-state index contributed by atoms with van der Waals surface area (Å²) in [5, 5.41) is 17.1. The predicted octanol–water partition coefficient (Wildman–Crippen LogP) is 5.38. The number of carbonyl (C=O) groups is 3. The number of thiazole rings is 1. The summed E-state index contributed by atoms with van der Waals surface area (Å²) in [6, 6.07) is 14.3.